The van der Waals surface area contributed by atoms with E-state index in [-0.39, 0.29) is 18.2 Å². The molecule has 1 aromatic heterocycles. The number of amides is 1. The zero-order valence-electron chi connectivity index (χ0n) is 13.6. The Morgan fingerprint density at radius 3 is 2.65 bits per heavy atom. The van der Waals surface area contributed by atoms with Crippen molar-refractivity contribution in [2.45, 2.75) is 45.6 Å². The zero-order valence-corrected chi connectivity index (χ0v) is 13.6. The van der Waals surface area contributed by atoms with E-state index in [0.717, 1.165) is 35.7 Å². The molecule has 1 aromatic carbocycles. The first kappa shape index (κ1) is 17.1. The van der Waals surface area contributed by atoms with Gasteiger partial charge in [-0.1, -0.05) is 38.5 Å². The molecule has 1 heterocycles. The van der Waals surface area contributed by atoms with Crippen molar-refractivity contribution in [1.29, 1.82) is 0 Å². The van der Waals surface area contributed by atoms with Gasteiger partial charge in [-0.15, -0.1) is 0 Å². The molecule has 124 valence electrons. The summed E-state index contributed by atoms with van der Waals surface area (Å²) < 4.78 is 0. The van der Waals surface area contributed by atoms with Gasteiger partial charge in [-0.05, 0) is 24.5 Å². The minimum absolute atomic E-state index is 0.121. The maximum Gasteiger partial charge on any atom is 0.326 e. The Kier molecular flexibility index (Phi) is 5.79. The van der Waals surface area contributed by atoms with E-state index in [1.807, 2.05) is 44.3 Å². The molecule has 0 saturated carbocycles. The van der Waals surface area contributed by atoms with Crippen LogP contribution in [0, 0.1) is 5.92 Å². The lowest BCUT2D eigenvalue weighted by Gasteiger charge is -2.19. The van der Waals surface area contributed by atoms with Crippen LogP contribution >= 0.6 is 0 Å². The van der Waals surface area contributed by atoms with Gasteiger partial charge in [-0.25, -0.2) is 4.79 Å². The monoisotopic (exact) mass is 316 g/mol. The molecule has 3 N–H and O–H groups in total. The molecule has 5 heteroatoms. The van der Waals surface area contributed by atoms with Crippen molar-refractivity contribution in [2.75, 3.05) is 0 Å². The van der Waals surface area contributed by atoms with Crippen molar-refractivity contribution >= 4 is 22.8 Å². The molecule has 0 aliphatic carbocycles. The lowest BCUT2D eigenvalue weighted by molar-refractivity contribution is -0.142. The van der Waals surface area contributed by atoms with Crippen LogP contribution in [-0.2, 0) is 16.0 Å². The summed E-state index contributed by atoms with van der Waals surface area (Å²) in [6.45, 7) is 3.98. The number of para-hydroxylation sites is 1. The van der Waals surface area contributed by atoms with Crippen LogP contribution in [0.25, 0.3) is 10.9 Å². The summed E-state index contributed by atoms with van der Waals surface area (Å²) in [5.74, 6) is -1.29. The summed E-state index contributed by atoms with van der Waals surface area (Å²) in [7, 11) is 0. The van der Waals surface area contributed by atoms with Gasteiger partial charge in [0, 0.05) is 29.4 Å². The number of carbonyl (C=O) groups excluding carboxylic acids is 1. The first-order valence-electron chi connectivity index (χ1n) is 8.15. The van der Waals surface area contributed by atoms with Gasteiger partial charge in [0.05, 0.1) is 0 Å². The molecule has 23 heavy (non-hydrogen) atoms. The summed E-state index contributed by atoms with van der Waals surface area (Å²) in [5.41, 5.74) is 1.87. The number of aromatic nitrogens is 1. The number of carbonyl (C=O) groups is 2. The highest BCUT2D eigenvalue weighted by atomic mass is 16.4. The van der Waals surface area contributed by atoms with Crippen molar-refractivity contribution in [3.8, 4) is 0 Å². The normalized spacial score (nSPS) is 13.7. The molecule has 1 unspecified atom stereocenters. The number of rotatable bonds is 8. The highest BCUT2D eigenvalue weighted by molar-refractivity contribution is 5.87. The van der Waals surface area contributed by atoms with Crippen molar-refractivity contribution in [3.05, 3.63) is 36.0 Å². The first-order valence-corrected chi connectivity index (χ1v) is 8.15. The summed E-state index contributed by atoms with van der Waals surface area (Å²) in [4.78, 5) is 27.0. The van der Waals surface area contributed by atoms with Crippen molar-refractivity contribution < 1.29 is 14.7 Å². The molecule has 0 spiro atoms. The number of aliphatic carboxylic acids is 1. The van der Waals surface area contributed by atoms with Crippen molar-refractivity contribution in [3.63, 3.8) is 0 Å². The number of hydrogen-bond acceptors (Lipinski definition) is 2. The third-order valence-electron chi connectivity index (χ3n) is 4.21. The summed E-state index contributed by atoms with van der Waals surface area (Å²) in [6.07, 6.45) is 4.50. The van der Waals surface area contributed by atoms with E-state index in [1.54, 1.807) is 0 Å². The second-order valence-electron chi connectivity index (χ2n) is 5.86. The Bertz CT molecular complexity index is 678. The number of carboxylic acids is 1. The van der Waals surface area contributed by atoms with E-state index in [0.29, 0.717) is 0 Å². The summed E-state index contributed by atoms with van der Waals surface area (Å²) >= 11 is 0. The molecule has 1 amide bonds. The Morgan fingerprint density at radius 2 is 2.00 bits per heavy atom. The minimum Gasteiger partial charge on any atom is -0.480 e. The van der Waals surface area contributed by atoms with Crippen molar-refractivity contribution in [2.24, 2.45) is 5.92 Å². The molecule has 2 rings (SSSR count). The van der Waals surface area contributed by atoms with E-state index in [2.05, 4.69) is 10.3 Å². The van der Waals surface area contributed by atoms with Gasteiger partial charge in [0.25, 0.3) is 0 Å². The number of nitrogens with one attached hydrogen (secondary N) is 2. The van der Waals surface area contributed by atoms with Gasteiger partial charge in [0.2, 0.25) is 5.91 Å². The van der Waals surface area contributed by atoms with E-state index in [1.165, 1.54) is 0 Å². The fourth-order valence-electron chi connectivity index (χ4n) is 2.88. The Balaban J connectivity index is 2.13. The van der Waals surface area contributed by atoms with Gasteiger partial charge in [-0.3, -0.25) is 4.79 Å². The van der Waals surface area contributed by atoms with Crippen LogP contribution in [0.3, 0.4) is 0 Å². The van der Waals surface area contributed by atoms with Gasteiger partial charge < -0.3 is 15.4 Å². The molecular weight excluding hydrogens is 292 g/mol. The lowest BCUT2D eigenvalue weighted by atomic mass is 9.98. The number of H-pyrrole nitrogens is 1. The standard InChI is InChI=1S/C18H24N2O3/c1-3-7-12(4-2)17(21)20-16(18(22)23)10-13-11-19-15-9-6-5-8-14(13)15/h5-6,8-9,11-12,16,19H,3-4,7,10H2,1-2H3,(H,20,21)(H,22,23)/t12?,16-/m0/s1. The minimum atomic E-state index is -1.00. The summed E-state index contributed by atoms with van der Waals surface area (Å²) in [6, 6.07) is 6.83. The quantitative estimate of drug-likeness (QED) is 0.700. The second-order valence-corrected chi connectivity index (χ2v) is 5.86. The van der Waals surface area contributed by atoms with E-state index in [4.69, 9.17) is 0 Å². The van der Waals surface area contributed by atoms with E-state index < -0.39 is 12.0 Å². The predicted molar refractivity (Wildman–Crippen MR) is 90.3 cm³/mol. The molecule has 2 atom stereocenters. The van der Waals surface area contributed by atoms with Gasteiger partial charge >= 0.3 is 5.97 Å². The molecule has 0 fully saturated rings. The number of hydrogen-bond donors (Lipinski definition) is 3. The second kappa shape index (κ2) is 7.81. The molecule has 5 nitrogen and oxygen atoms in total. The Morgan fingerprint density at radius 1 is 1.26 bits per heavy atom. The Hall–Kier alpha value is -2.30. The van der Waals surface area contributed by atoms with Crippen LogP contribution in [-0.4, -0.2) is 28.0 Å². The highest BCUT2D eigenvalue weighted by Crippen LogP contribution is 2.19. The van der Waals surface area contributed by atoms with Crippen LogP contribution in [0.1, 0.15) is 38.7 Å². The fourth-order valence-corrected chi connectivity index (χ4v) is 2.88. The average molecular weight is 316 g/mol. The molecule has 2 aromatic rings. The number of carboxylic acid groups (broad SMARTS) is 1. The maximum absolute atomic E-state index is 12.3. The third-order valence-corrected chi connectivity index (χ3v) is 4.21. The van der Waals surface area contributed by atoms with Crippen molar-refractivity contribution in [1.82, 2.24) is 10.3 Å². The average Bonchev–Trinajstić information content (AvgIpc) is 2.95. The van der Waals surface area contributed by atoms with Crippen LogP contribution in [0.15, 0.2) is 30.5 Å². The van der Waals surface area contributed by atoms with Crippen LogP contribution in [0.4, 0.5) is 0 Å². The SMILES string of the molecule is CCCC(CC)C(=O)N[C@@H](Cc1c[nH]c2ccccc12)C(=O)O. The van der Waals surface area contributed by atoms with Crippen LogP contribution < -0.4 is 5.32 Å². The van der Waals surface area contributed by atoms with Gasteiger partial charge in [-0.2, -0.15) is 0 Å². The smallest absolute Gasteiger partial charge is 0.326 e. The Labute approximate surface area is 136 Å². The fraction of sp³-hybridized carbons (Fsp3) is 0.444. The van der Waals surface area contributed by atoms with Crippen LogP contribution in [0.2, 0.25) is 0 Å². The van der Waals surface area contributed by atoms with E-state index in [9.17, 15) is 14.7 Å². The first-order chi connectivity index (χ1) is 11.1. The molecular formula is C18H24N2O3. The highest BCUT2D eigenvalue weighted by Gasteiger charge is 2.25. The lowest BCUT2D eigenvalue weighted by Crippen LogP contribution is -2.44. The topological polar surface area (TPSA) is 82.2 Å². The van der Waals surface area contributed by atoms with Crippen LogP contribution in [0.5, 0.6) is 0 Å². The molecule has 0 aliphatic rings. The van der Waals surface area contributed by atoms with E-state index >= 15 is 0 Å². The molecule has 0 aliphatic heterocycles. The van der Waals surface area contributed by atoms with Gasteiger partial charge in [0.1, 0.15) is 6.04 Å². The number of aromatic amines is 1. The predicted octanol–water partition coefficient (Wildman–Crippen LogP) is 3.11. The maximum atomic E-state index is 12.3. The third kappa shape index (κ3) is 4.12. The molecule has 0 saturated heterocycles. The van der Waals surface area contributed by atoms with Gasteiger partial charge in [0.15, 0.2) is 0 Å². The molecule has 0 radical (unpaired) electrons. The molecule has 0 bridgehead atoms. The summed E-state index contributed by atoms with van der Waals surface area (Å²) in [5, 5.41) is 13.1. The zero-order chi connectivity index (χ0) is 16.8. The largest absolute Gasteiger partial charge is 0.480 e. The number of benzene rings is 1. The number of fused-ring (bicyclic) bond motifs is 1.